The Morgan fingerprint density at radius 1 is 1.50 bits per heavy atom. The van der Waals surface area contributed by atoms with Crippen LogP contribution in [0.25, 0.3) is 0 Å². The molecule has 2 rings (SSSR count). The topological polar surface area (TPSA) is 53.4 Å². The molecule has 1 aliphatic heterocycles. The number of aliphatic hydroxyl groups excluding tert-OH is 1. The smallest absolute Gasteiger partial charge is 0.134 e. The summed E-state index contributed by atoms with van der Waals surface area (Å²) in [6, 6.07) is 3.71. The van der Waals surface area contributed by atoms with Gasteiger partial charge in [-0.2, -0.15) is 0 Å². The predicted molar refractivity (Wildman–Crippen MR) is 65.0 cm³/mol. The molecule has 0 amide bonds. The normalized spacial score (nSPS) is 19.8. The van der Waals surface area contributed by atoms with E-state index in [4.69, 9.17) is 0 Å². The molecule has 1 aromatic rings. The Kier molecular flexibility index (Phi) is 3.56. The minimum absolute atomic E-state index is 0.517. The zero-order valence-corrected chi connectivity index (χ0v) is 10.1. The lowest BCUT2D eigenvalue weighted by Gasteiger charge is -2.29. The summed E-state index contributed by atoms with van der Waals surface area (Å²) in [5, 5.41) is 9.66. The number of rotatable bonds is 2. The molecule has 0 aliphatic carbocycles. The maximum atomic E-state index is 11.3. The van der Waals surface area contributed by atoms with Crippen molar-refractivity contribution in [1.82, 2.24) is 4.98 Å². The number of hydrogen-bond acceptors (Lipinski definition) is 4. The summed E-state index contributed by atoms with van der Waals surface area (Å²) in [6.07, 6.45) is 1.21. The van der Waals surface area contributed by atoms with Crippen LogP contribution < -0.4 is 4.90 Å². The van der Waals surface area contributed by atoms with Gasteiger partial charge >= 0.3 is 0 Å². The molecule has 1 aromatic heterocycles. The van der Waals surface area contributed by atoms with E-state index < -0.39 is 16.9 Å². The van der Waals surface area contributed by atoms with Gasteiger partial charge in [0.15, 0.2) is 0 Å². The van der Waals surface area contributed by atoms with E-state index in [-0.39, 0.29) is 0 Å². The molecule has 1 unspecified atom stereocenters. The Bertz CT molecular complexity index is 385. The molecule has 0 bridgehead atoms. The zero-order valence-electron chi connectivity index (χ0n) is 9.30. The van der Waals surface area contributed by atoms with E-state index in [9.17, 15) is 9.32 Å². The molecule has 4 nitrogen and oxygen atoms in total. The van der Waals surface area contributed by atoms with E-state index in [2.05, 4.69) is 9.88 Å². The molecular formula is C11H16N2O2S. The van der Waals surface area contributed by atoms with Gasteiger partial charge < -0.3 is 10.0 Å². The van der Waals surface area contributed by atoms with Gasteiger partial charge in [0.2, 0.25) is 0 Å². The second-order valence-corrected chi connectivity index (χ2v) is 5.62. The lowest BCUT2D eigenvalue weighted by atomic mass is 10.1. The first-order chi connectivity index (χ1) is 7.68. The van der Waals surface area contributed by atoms with Gasteiger partial charge in [-0.3, -0.25) is 4.21 Å². The zero-order chi connectivity index (χ0) is 11.5. The Balaban J connectivity index is 2.23. The number of nitrogens with zero attached hydrogens (tertiary/aromatic N) is 2. The molecule has 0 spiro atoms. The van der Waals surface area contributed by atoms with Crippen molar-refractivity contribution < 1.29 is 9.32 Å². The van der Waals surface area contributed by atoms with E-state index in [1.165, 1.54) is 0 Å². The third kappa shape index (κ3) is 2.41. The number of anilines is 1. The number of aliphatic hydroxyl groups is 1. The lowest BCUT2D eigenvalue weighted by Crippen LogP contribution is -2.38. The average molecular weight is 240 g/mol. The van der Waals surface area contributed by atoms with Crippen LogP contribution in [0.4, 0.5) is 5.82 Å². The van der Waals surface area contributed by atoms with Crippen molar-refractivity contribution in [3.63, 3.8) is 0 Å². The van der Waals surface area contributed by atoms with Crippen LogP contribution in [0, 0.1) is 0 Å². The van der Waals surface area contributed by atoms with Crippen molar-refractivity contribution in [3.8, 4) is 0 Å². The van der Waals surface area contributed by atoms with Gasteiger partial charge in [-0.15, -0.1) is 0 Å². The fraction of sp³-hybridized carbons (Fsp3) is 0.545. The van der Waals surface area contributed by atoms with Gasteiger partial charge in [0.1, 0.15) is 5.82 Å². The van der Waals surface area contributed by atoms with Gasteiger partial charge in [0, 0.05) is 47.2 Å². The van der Waals surface area contributed by atoms with Crippen LogP contribution in [0.3, 0.4) is 0 Å². The summed E-state index contributed by atoms with van der Waals surface area (Å²) in [5.74, 6) is 2.21. The highest BCUT2D eigenvalue weighted by molar-refractivity contribution is 7.85. The largest absolute Gasteiger partial charge is 0.389 e. The van der Waals surface area contributed by atoms with Crippen LogP contribution in [0.1, 0.15) is 18.6 Å². The van der Waals surface area contributed by atoms with Crippen LogP contribution in [0.2, 0.25) is 0 Å². The summed E-state index contributed by atoms with van der Waals surface area (Å²) < 4.78 is 11.3. The number of aromatic nitrogens is 1. The number of pyridine rings is 1. The molecule has 5 heteroatoms. The maximum Gasteiger partial charge on any atom is 0.134 e. The highest BCUT2D eigenvalue weighted by atomic mass is 32.2. The molecule has 1 aliphatic rings. The van der Waals surface area contributed by atoms with E-state index in [1.54, 1.807) is 13.1 Å². The molecule has 1 N–H and O–H groups in total. The lowest BCUT2D eigenvalue weighted by molar-refractivity contribution is 0.199. The highest BCUT2D eigenvalue weighted by Gasteiger charge is 2.20. The third-order valence-electron chi connectivity index (χ3n) is 2.74. The second-order valence-electron chi connectivity index (χ2n) is 3.93. The van der Waals surface area contributed by atoms with Crippen LogP contribution in [0.5, 0.6) is 0 Å². The monoisotopic (exact) mass is 240 g/mol. The Morgan fingerprint density at radius 2 is 2.19 bits per heavy atom. The minimum atomic E-state index is -0.684. The van der Waals surface area contributed by atoms with Crippen molar-refractivity contribution >= 4 is 16.6 Å². The van der Waals surface area contributed by atoms with Gasteiger partial charge in [0.25, 0.3) is 0 Å². The van der Waals surface area contributed by atoms with Crippen molar-refractivity contribution in [3.05, 3.63) is 23.9 Å². The summed E-state index contributed by atoms with van der Waals surface area (Å²) >= 11 is 0. The molecule has 0 radical (unpaired) electrons. The van der Waals surface area contributed by atoms with E-state index >= 15 is 0 Å². The van der Waals surface area contributed by atoms with Gasteiger partial charge in [0.05, 0.1) is 6.10 Å². The second kappa shape index (κ2) is 4.93. The highest BCUT2D eigenvalue weighted by Crippen LogP contribution is 2.24. The van der Waals surface area contributed by atoms with Crippen molar-refractivity contribution in [1.29, 1.82) is 0 Å². The Morgan fingerprint density at radius 3 is 2.81 bits per heavy atom. The third-order valence-corrected chi connectivity index (χ3v) is 4.02. The maximum absolute atomic E-state index is 11.3. The van der Waals surface area contributed by atoms with Gasteiger partial charge in [-0.05, 0) is 13.0 Å². The van der Waals surface area contributed by atoms with E-state index in [0.717, 1.165) is 24.5 Å². The predicted octanol–water partition coefficient (Wildman–Crippen LogP) is 0.704. The molecule has 16 heavy (non-hydrogen) atoms. The van der Waals surface area contributed by atoms with E-state index in [0.29, 0.717) is 11.5 Å². The van der Waals surface area contributed by atoms with Crippen LogP contribution in [-0.2, 0) is 10.8 Å². The number of hydrogen-bond donors (Lipinski definition) is 1. The summed E-state index contributed by atoms with van der Waals surface area (Å²) in [6.45, 7) is 3.25. The standard InChI is InChI=1S/C11H16N2O2S/c1-9(14)10-3-2-4-12-11(10)13-5-7-16(15)8-6-13/h2-4,9,14H,5-8H2,1H3. The molecule has 1 saturated heterocycles. The summed E-state index contributed by atoms with van der Waals surface area (Å²) in [5.41, 5.74) is 0.843. The summed E-state index contributed by atoms with van der Waals surface area (Å²) in [7, 11) is -0.684. The minimum Gasteiger partial charge on any atom is -0.389 e. The SMILES string of the molecule is CC(O)c1cccnc1N1CCS(=O)CC1. The molecule has 1 fully saturated rings. The molecule has 1 atom stereocenters. The molecular weight excluding hydrogens is 224 g/mol. The van der Waals surface area contributed by atoms with Crippen molar-refractivity contribution in [2.45, 2.75) is 13.0 Å². The van der Waals surface area contributed by atoms with E-state index in [1.807, 2.05) is 12.1 Å². The molecule has 0 saturated carbocycles. The quantitative estimate of drug-likeness (QED) is 0.827. The fourth-order valence-electron chi connectivity index (χ4n) is 1.85. The fourth-order valence-corrected chi connectivity index (χ4v) is 2.90. The molecule has 2 heterocycles. The molecule has 88 valence electrons. The van der Waals surface area contributed by atoms with Crippen molar-refractivity contribution in [2.75, 3.05) is 29.5 Å². The van der Waals surface area contributed by atoms with Gasteiger partial charge in [-0.1, -0.05) is 6.07 Å². The first kappa shape index (κ1) is 11.5. The van der Waals surface area contributed by atoms with Gasteiger partial charge in [-0.25, -0.2) is 4.98 Å². The van der Waals surface area contributed by atoms with Crippen LogP contribution >= 0.6 is 0 Å². The summed E-state index contributed by atoms with van der Waals surface area (Å²) in [4.78, 5) is 6.42. The van der Waals surface area contributed by atoms with Crippen molar-refractivity contribution in [2.24, 2.45) is 0 Å². The van der Waals surface area contributed by atoms with Crippen LogP contribution in [0.15, 0.2) is 18.3 Å². The Labute approximate surface area is 97.8 Å². The first-order valence-electron chi connectivity index (χ1n) is 5.41. The first-order valence-corrected chi connectivity index (χ1v) is 6.90. The molecule has 0 aromatic carbocycles. The van der Waals surface area contributed by atoms with Crippen LogP contribution in [-0.4, -0.2) is 38.9 Å². The average Bonchev–Trinajstić information content (AvgIpc) is 2.30. The Hall–Kier alpha value is -0.940.